The van der Waals surface area contributed by atoms with Crippen molar-refractivity contribution in [3.8, 4) is 17.2 Å². The predicted octanol–water partition coefficient (Wildman–Crippen LogP) is 2.94. The van der Waals surface area contributed by atoms with Crippen molar-refractivity contribution in [3.05, 3.63) is 80.3 Å². The minimum absolute atomic E-state index is 0.120. The second kappa shape index (κ2) is 8.49. The second-order valence-electron chi connectivity index (χ2n) is 6.73. The van der Waals surface area contributed by atoms with Crippen LogP contribution < -0.4 is 26.0 Å². The SMILES string of the molecule is COc1cc(NC(=O)Cc2ccc(-n3c(=O)[nH]c4ccsc4c3=O)cc2)cc(OC)c1. The average molecular weight is 437 g/mol. The number of amides is 1. The Balaban J connectivity index is 1.53. The summed E-state index contributed by atoms with van der Waals surface area (Å²) in [6.45, 7) is 0. The fraction of sp³-hybridized carbons (Fsp3) is 0.136. The molecule has 1 amide bonds. The van der Waals surface area contributed by atoms with Crippen LogP contribution in [-0.4, -0.2) is 29.7 Å². The number of hydrogen-bond acceptors (Lipinski definition) is 6. The lowest BCUT2D eigenvalue weighted by molar-refractivity contribution is -0.115. The predicted molar refractivity (Wildman–Crippen MR) is 120 cm³/mol. The third-order valence-corrected chi connectivity index (χ3v) is 5.60. The summed E-state index contributed by atoms with van der Waals surface area (Å²) in [5.74, 6) is 0.910. The summed E-state index contributed by atoms with van der Waals surface area (Å²) in [7, 11) is 3.07. The number of thiophene rings is 1. The van der Waals surface area contributed by atoms with Crippen LogP contribution in [0.1, 0.15) is 5.56 Å². The zero-order valence-corrected chi connectivity index (χ0v) is 17.6. The van der Waals surface area contributed by atoms with Gasteiger partial charge in [0.25, 0.3) is 5.56 Å². The molecule has 4 aromatic rings. The summed E-state index contributed by atoms with van der Waals surface area (Å²) in [5, 5.41) is 4.57. The Kier molecular flexibility index (Phi) is 5.59. The molecule has 8 nitrogen and oxygen atoms in total. The molecule has 0 fully saturated rings. The maximum Gasteiger partial charge on any atom is 0.333 e. The summed E-state index contributed by atoms with van der Waals surface area (Å²) in [5.41, 5.74) is 1.37. The van der Waals surface area contributed by atoms with E-state index < -0.39 is 5.69 Å². The number of aromatic nitrogens is 2. The van der Waals surface area contributed by atoms with E-state index in [0.29, 0.717) is 33.1 Å². The number of H-pyrrole nitrogens is 1. The first-order chi connectivity index (χ1) is 15.0. The molecule has 0 unspecified atom stereocenters. The Bertz CT molecular complexity index is 1350. The van der Waals surface area contributed by atoms with Crippen LogP contribution in [0.4, 0.5) is 5.69 Å². The zero-order valence-electron chi connectivity index (χ0n) is 16.8. The number of ether oxygens (including phenoxy) is 2. The molecule has 2 aromatic carbocycles. The molecule has 2 N–H and O–H groups in total. The number of carbonyl (C=O) groups is 1. The van der Waals surface area contributed by atoms with Crippen LogP contribution in [0.25, 0.3) is 15.9 Å². The van der Waals surface area contributed by atoms with Gasteiger partial charge < -0.3 is 19.8 Å². The van der Waals surface area contributed by atoms with Gasteiger partial charge in [-0.15, -0.1) is 11.3 Å². The number of aromatic amines is 1. The van der Waals surface area contributed by atoms with E-state index in [1.807, 2.05) is 0 Å². The van der Waals surface area contributed by atoms with Gasteiger partial charge in [0.1, 0.15) is 16.2 Å². The minimum Gasteiger partial charge on any atom is -0.497 e. The molecule has 2 heterocycles. The Morgan fingerprint density at radius 2 is 1.71 bits per heavy atom. The normalized spacial score (nSPS) is 10.8. The number of carbonyl (C=O) groups excluding carboxylic acids is 1. The van der Waals surface area contributed by atoms with E-state index in [4.69, 9.17) is 9.47 Å². The van der Waals surface area contributed by atoms with E-state index in [-0.39, 0.29) is 17.9 Å². The first-order valence-corrected chi connectivity index (χ1v) is 10.2. The van der Waals surface area contributed by atoms with Gasteiger partial charge in [-0.1, -0.05) is 12.1 Å². The number of nitrogens with one attached hydrogen (secondary N) is 2. The third kappa shape index (κ3) is 4.22. The lowest BCUT2D eigenvalue weighted by atomic mass is 10.1. The number of methoxy groups -OCH3 is 2. The molecule has 0 aliphatic carbocycles. The summed E-state index contributed by atoms with van der Waals surface area (Å²) in [6, 6.07) is 13.5. The first kappa shape index (κ1) is 20.4. The van der Waals surface area contributed by atoms with Gasteiger partial charge >= 0.3 is 5.69 Å². The van der Waals surface area contributed by atoms with Gasteiger partial charge in [-0.25, -0.2) is 9.36 Å². The van der Waals surface area contributed by atoms with E-state index >= 15 is 0 Å². The molecule has 0 bridgehead atoms. The largest absolute Gasteiger partial charge is 0.497 e. The summed E-state index contributed by atoms with van der Waals surface area (Å²) in [6.07, 6.45) is 0.120. The van der Waals surface area contributed by atoms with Crippen LogP contribution in [0.15, 0.2) is 63.5 Å². The smallest absolute Gasteiger partial charge is 0.333 e. The molecule has 0 radical (unpaired) electrons. The van der Waals surface area contributed by atoms with Crippen LogP contribution in [0, 0.1) is 0 Å². The standard InChI is InChI=1S/C22H19N3O5S/c1-29-16-10-14(11-17(12-16)30-2)23-19(26)9-13-3-5-15(6-4-13)25-21(27)20-18(7-8-31-20)24-22(25)28/h3-8,10-12H,9H2,1-2H3,(H,23,26)(H,24,28). The summed E-state index contributed by atoms with van der Waals surface area (Å²) < 4.78 is 12.0. The van der Waals surface area contributed by atoms with Crippen LogP contribution in [0.2, 0.25) is 0 Å². The summed E-state index contributed by atoms with van der Waals surface area (Å²) >= 11 is 1.27. The lowest BCUT2D eigenvalue weighted by Gasteiger charge is -2.10. The molecule has 158 valence electrons. The molecular weight excluding hydrogens is 418 g/mol. The molecule has 0 spiro atoms. The molecule has 0 aliphatic heterocycles. The average Bonchev–Trinajstić information content (AvgIpc) is 3.23. The fourth-order valence-electron chi connectivity index (χ4n) is 3.21. The van der Waals surface area contributed by atoms with E-state index in [1.165, 1.54) is 25.6 Å². The second-order valence-corrected chi connectivity index (χ2v) is 7.64. The van der Waals surface area contributed by atoms with Gasteiger partial charge in [0.15, 0.2) is 0 Å². The van der Waals surface area contributed by atoms with Crippen molar-refractivity contribution in [3.63, 3.8) is 0 Å². The van der Waals surface area contributed by atoms with Crippen LogP contribution in [0.3, 0.4) is 0 Å². The van der Waals surface area contributed by atoms with Crippen molar-refractivity contribution in [1.29, 1.82) is 0 Å². The van der Waals surface area contributed by atoms with Gasteiger partial charge in [-0.05, 0) is 29.1 Å². The highest BCUT2D eigenvalue weighted by Gasteiger charge is 2.12. The Labute approximate surface area is 180 Å². The number of rotatable bonds is 6. The third-order valence-electron chi connectivity index (χ3n) is 4.70. The van der Waals surface area contributed by atoms with Gasteiger partial charge in [0, 0.05) is 23.9 Å². The van der Waals surface area contributed by atoms with Crippen LogP contribution in [-0.2, 0) is 11.2 Å². The van der Waals surface area contributed by atoms with E-state index in [2.05, 4.69) is 10.3 Å². The minimum atomic E-state index is -0.506. The molecule has 0 atom stereocenters. The Morgan fingerprint density at radius 1 is 1.03 bits per heavy atom. The van der Waals surface area contributed by atoms with E-state index in [0.717, 1.165) is 10.1 Å². The van der Waals surface area contributed by atoms with Gasteiger partial charge in [0.2, 0.25) is 5.91 Å². The fourth-order valence-corrected chi connectivity index (χ4v) is 3.98. The Morgan fingerprint density at radius 3 is 2.35 bits per heavy atom. The van der Waals surface area contributed by atoms with Crippen molar-refractivity contribution >= 4 is 33.1 Å². The molecule has 2 aromatic heterocycles. The van der Waals surface area contributed by atoms with Crippen molar-refractivity contribution < 1.29 is 14.3 Å². The van der Waals surface area contributed by atoms with Gasteiger partial charge in [-0.2, -0.15) is 0 Å². The van der Waals surface area contributed by atoms with Gasteiger partial charge in [-0.3, -0.25) is 9.59 Å². The van der Waals surface area contributed by atoms with Crippen molar-refractivity contribution in [2.45, 2.75) is 6.42 Å². The number of anilines is 1. The maximum absolute atomic E-state index is 12.7. The maximum atomic E-state index is 12.7. The monoisotopic (exact) mass is 437 g/mol. The number of benzene rings is 2. The quantitative estimate of drug-likeness (QED) is 0.483. The summed E-state index contributed by atoms with van der Waals surface area (Å²) in [4.78, 5) is 40.2. The molecule has 31 heavy (non-hydrogen) atoms. The molecule has 4 rings (SSSR count). The van der Waals surface area contributed by atoms with Crippen molar-refractivity contribution in [2.24, 2.45) is 0 Å². The highest BCUT2D eigenvalue weighted by molar-refractivity contribution is 7.17. The molecular formula is C22H19N3O5S. The zero-order chi connectivity index (χ0) is 22.0. The highest BCUT2D eigenvalue weighted by atomic mass is 32.1. The number of nitrogens with zero attached hydrogens (tertiary/aromatic N) is 1. The van der Waals surface area contributed by atoms with E-state index in [9.17, 15) is 14.4 Å². The molecule has 0 saturated carbocycles. The first-order valence-electron chi connectivity index (χ1n) is 9.33. The van der Waals surface area contributed by atoms with Crippen LogP contribution >= 0.6 is 11.3 Å². The molecule has 9 heteroatoms. The van der Waals surface area contributed by atoms with Crippen LogP contribution in [0.5, 0.6) is 11.5 Å². The topological polar surface area (TPSA) is 102 Å². The Hall–Kier alpha value is -3.85. The number of fused-ring (bicyclic) bond motifs is 1. The van der Waals surface area contributed by atoms with E-state index in [1.54, 1.807) is 53.9 Å². The molecule has 0 saturated heterocycles. The highest BCUT2D eigenvalue weighted by Crippen LogP contribution is 2.26. The number of hydrogen-bond donors (Lipinski definition) is 2. The van der Waals surface area contributed by atoms with Crippen molar-refractivity contribution in [2.75, 3.05) is 19.5 Å². The van der Waals surface area contributed by atoms with Crippen molar-refractivity contribution in [1.82, 2.24) is 9.55 Å². The van der Waals surface area contributed by atoms with Gasteiger partial charge in [0.05, 0.1) is 31.8 Å². The lowest BCUT2D eigenvalue weighted by Crippen LogP contribution is -2.32. The molecule has 0 aliphatic rings.